The van der Waals surface area contributed by atoms with E-state index in [1.54, 1.807) is 12.1 Å². The fourth-order valence-electron chi connectivity index (χ4n) is 2.27. The molecular weight excluding hydrogens is 246 g/mol. The van der Waals surface area contributed by atoms with E-state index in [2.05, 4.69) is 18.7 Å². The summed E-state index contributed by atoms with van der Waals surface area (Å²) in [6.07, 6.45) is 0. The minimum absolute atomic E-state index is 0.0329. The Morgan fingerprint density at radius 2 is 2.26 bits per heavy atom. The maximum atomic E-state index is 10.7. The number of morpholine rings is 1. The van der Waals surface area contributed by atoms with Crippen LogP contribution in [0.25, 0.3) is 0 Å². The second-order valence-corrected chi connectivity index (χ2v) is 5.44. The molecule has 1 heterocycles. The summed E-state index contributed by atoms with van der Waals surface area (Å²) in [5.74, 6) is 0. The van der Waals surface area contributed by atoms with Gasteiger partial charge >= 0.3 is 0 Å². The number of nitrogens with zero attached hydrogens (tertiary/aromatic N) is 2. The van der Waals surface area contributed by atoms with E-state index >= 15 is 0 Å². The molecule has 1 aromatic carbocycles. The number of rotatable bonds is 3. The summed E-state index contributed by atoms with van der Waals surface area (Å²) in [6, 6.07) is 4.92. The first-order valence-corrected chi connectivity index (χ1v) is 6.26. The van der Waals surface area contributed by atoms with Crippen LogP contribution in [0, 0.1) is 10.1 Å². The molecule has 0 saturated carbocycles. The van der Waals surface area contributed by atoms with Crippen LogP contribution in [-0.2, 0) is 11.3 Å². The average Bonchev–Trinajstić information content (AvgIpc) is 2.31. The quantitative estimate of drug-likeness (QED) is 0.512. The highest BCUT2D eigenvalue weighted by atomic mass is 16.6. The summed E-state index contributed by atoms with van der Waals surface area (Å²) in [5, 5.41) is 10.7. The summed E-state index contributed by atoms with van der Waals surface area (Å²) < 4.78 is 5.47. The maximum absolute atomic E-state index is 10.7. The van der Waals surface area contributed by atoms with Crippen LogP contribution in [-0.4, -0.2) is 35.1 Å². The molecule has 1 aromatic rings. The highest BCUT2D eigenvalue weighted by molar-refractivity contribution is 5.59. The number of nitro benzene ring substituents is 1. The van der Waals surface area contributed by atoms with Crippen LogP contribution in [0.2, 0.25) is 0 Å². The molecule has 19 heavy (non-hydrogen) atoms. The molecule has 2 rings (SSSR count). The minimum Gasteiger partial charge on any atom is -0.393 e. The molecular formula is C13H19N3O3. The first-order valence-electron chi connectivity index (χ1n) is 6.26. The van der Waals surface area contributed by atoms with Crippen molar-refractivity contribution >= 4 is 11.4 Å². The number of nitrogen functional groups attached to an aromatic ring is 1. The number of hydrogen-bond donors (Lipinski definition) is 1. The molecule has 2 N–H and O–H groups in total. The largest absolute Gasteiger partial charge is 0.393 e. The molecule has 1 aliphatic rings. The number of anilines is 1. The monoisotopic (exact) mass is 265 g/mol. The van der Waals surface area contributed by atoms with Gasteiger partial charge in [0.2, 0.25) is 0 Å². The van der Waals surface area contributed by atoms with E-state index < -0.39 is 4.92 Å². The lowest BCUT2D eigenvalue weighted by atomic mass is 10.0. The third-order valence-electron chi connectivity index (χ3n) is 3.48. The predicted octanol–water partition coefficient (Wildman–Crippen LogP) is 1.79. The van der Waals surface area contributed by atoms with Gasteiger partial charge in [0.1, 0.15) is 5.69 Å². The fourth-order valence-corrected chi connectivity index (χ4v) is 2.27. The molecule has 0 bridgehead atoms. The number of ether oxygens (including phenoxy) is 1. The van der Waals surface area contributed by atoms with Gasteiger partial charge in [-0.25, -0.2) is 0 Å². The number of hydrogen-bond acceptors (Lipinski definition) is 5. The normalized spacial score (nSPS) is 19.3. The van der Waals surface area contributed by atoms with Gasteiger partial charge in [-0.3, -0.25) is 15.0 Å². The second-order valence-electron chi connectivity index (χ2n) is 5.44. The summed E-state index contributed by atoms with van der Waals surface area (Å²) in [5.41, 5.74) is 6.84. The first kappa shape index (κ1) is 13.8. The van der Waals surface area contributed by atoms with Gasteiger partial charge in [-0.1, -0.05) is 6.07 Å². The lowest BCUT2D eigenvalue weighted by Crippen LogP contribution is -2.52. The lowest BCUT2D eigenvalue weighted by molar-refractivity contribution is -0.383. The highest BCUT2D eigenvalue weighted by Gasteiger charge is 2.30. The van der Waals surface area contributed by atoms with Crippen molar-refractivity contribution in [1.82, 2.24) is 4.90 Å². The Morgan fingerprint density at radius 1 is 1.53 bits per heavy atom. The summed E-state index contributed by atoms with van der Waals surface area (Å²) in [4.78, 5) is 12.6. The average molecular weight is 265 g/mol. The molecule has 0 unspecified atom stereocenters. The summed E-state index contributed by atoms with van der Waals surface area (Å²) in [7, 11) is 0. The van der Waals surface area contributed by atoms with E-state index in [1.165, 1.54) is 6.07 Å². The van der Waals surface area contributed by atoms with Gasteiger partial charge in [0.25, 0.3) is 5.69 Å². The Labute approximate surface area is 112 Å². The van der Waals surface area contributed by atoms with E-state index in [-0.39, 0.29) is 16.9 Å². The molecule has 0 amide bonds. The zero-order valence-electron chi connectivity index (χ0n) is 11.3. The van der Waals surface area contributed by atoms with Crippen LogP contribution in [0.5, 0.6) is 0 Å². The van der Waals surface area contributed by atoms with Crippen molar-refractivity contribution in [1.29, 1.82) is 0 Å². The van der Waals surface area contributed by atoms with Crippen LogP contribution in [0.3, 0.4) is 0 Å². The van der Waals surface area contributed by atoms with Crippen LogP contribution < -0.4 is 5.73 Å². The van der Waals surface area contributed by atoms with Crippen LogP contribution in [0.15, 0.2) is 18.2 Å². The van der Waals surface area contributed by atoms with Crippen molar-refractivity contribution in [3.05, 3.63) is 33.9 Å². The molecule has 0 radical (unpaired) electrons. The first-order chi connectivity index (χ1) is 8.90. The van der Waals surface area contributed by atoms with Crippen LogP contribution in [0.4, 0.5) is 11.4 Å². The lowest BCUT2D eigenvalue weighted by Gasteiger charge is -2.42. The topological polar surface area (TPSA) is 81.6 Å². The Bertz CT molecular complexity index is 488. The molecule has 6 heteroatoms. The SMILES string of the molecule is CC1(C)COCCN1Cc1ccc([N+](=O)[O-])c(N)c1. The molecule has 1 saturated heterocycles. The molecule has 0 spiro atoms. The Kier molecular flexibility index (Phi) is 3.73. The van der Waals surface area contributed by atoms with Crippen molar-refractivity contribution in [2.24, 2.45) is 0 Å². The highest BCUT2D eigenvalue weighted by Crippen LogP contribution is 2.26. The maximum Gasteiger partial charge on any atom is 0.292 e. The summed E-state index contributed by atoms with van der Waals surface area (Å²) >= 11 is 0. The van der Waals surface area contributed by atoms with Gasteiger partial charge < -0.3 is 10.5 Å². The van der Waals surface area contributed by atoms with E-state index in [0.29, 0.717) is 13.2 Å². The fraction of sp³-hybridized carbons (Fsp3) is 0.538. The van der Waals surface area contributed by atoms with Gasteiger partial charge in [-0.15, -0.1) is 0 Å². The number of benzene rings is 1. The molecule has 1 aliphatic heterocycles. The Morgan fingerprint density at radius 3 is 2.84 bits per heavy atom. The molecule has 0 atom stereocenters. The van der Waals surface area contributed by atoms with Gasteiger partial charge in [-0.2, -0.15) is 0 Å². The third kappa shape index (κ3) is 3.02. The standard InChI is InChI=1S/C13H19N3O3/c1-13(2)9-19-6-5-15(13)8-10-3-4-12(16(17)18)11(14)7-10/h3-4,7H,5-6,8-9,14H2,1-2H3. The molecule has 0 aliphatic carbocycles. The summed E-state index contributed by atoms with van der Waals surface area (Å²) in [6.45, 7) is 7.23. The van der Waals surface area contributed by atoms with Crippen molar-refractivity contribution < 1.29 is 9.66 Å². The van der Waals surface area contributed by atoms with Crippen molar-refractivity contribution in [3.8, 4) is 0 Å². The predicted molar refractivity (Wildman–Crippen MR) is 72.8 cm³/mol. The van der Waals surface area contributed by atoms with Gasteiger partial charge in [0, 0.05) is 24.7 Å². The Hall–Kier alpha value is -1.66. The molecule has 104 valence electrons. The van der Waals surface area contributed by atoms with E-state index in [9.17, 15) is 10.1 Å². The van der Waals surface area contributed by atoms with Gasteiger partial charge in [0.05, 0.1) is 18.1 Å². The number of nitro groups is 1. The van der Waals surface area contributed by atoms with E-state index in [0.717, 1.165) is 18.7 Å². The minimum atomic E-state index is -0.461. The van der Waals surface area contributed by atoms with Crippen molar-refractivity contribution in [2.45, 2.75) is 25.9 Å². The van der Waals surface area contributed by atoms with E-state index in [1.807, 2.05) is 0 Å². The van der Waals surface area contributed by atoms with Gasteiger partial charge in [-0.05, 0) is 25.5 Å². The zero-order valence-corrected chi connectivity index (χ0v) is 11.3. The van der Waals surface area contributed by atoms with E-state index in [4.69, 9.17) is 10.5 Å². The molecule has 6 nitrogen and oxygen atoms in total. The second kappa shape index (κ2) is 5.14. The molecule has 1 fully saturated rings. The Balaban J connectivity index is 2.15. The molecule has 0 aromatic heterocycles. The van der Waals surface area contributed by atoms with Crippen LogP contribution in [0.1, 0.15) is 19.4 Å². The van der Waals surface area contributed by atoms with Crippen molar-refractivity contribution in [2.75, 3.05) is 25.5 Å². The smallest absolute Gasteiger partial charge is 0.292 e. The van der Waals surface area contributed by atoms with Crippen LogP contribution >= 0.6 is 0 Å². The number of nitrogens with two attached hydrogens (primary N) is 1. The van der Waals surface area contributed by atoms with Gasteiger partial charge in [0.15, 0.2) is 0 Å². The third-order valence-corrected chi connectivity index (χ3v) is 3.48. The van der Waals surface area contributed by atoms with Crippen molar-refractivity contribution in [3.63, 3.8) is 0 Å². The zero-order chi connectivity index (χ0) is 14.0.